The van der Waals surface area contributed by atoms with Crippen LogP contribution in [0.2, 0.25) is 0 Å². The number of amides is 3. The zero-order chi connectivity index (χ0) is 30.8. The number of carbonyl (C=O) groups is 3. The largest absolute Gasteiger partial charge is 0.420 e. The Kier molecular flexibility index (Phi) is 7.16. The van der Waals surface area contributed by atoms with Crippen molar-refractivity contribution in [2.24, 2.45) is 5.10 Å². The van der Waals surface area contributed by atoms with Gasteiger partial charge in [-0.15, -0.1) is 0 Å². The van der Waals surface area contributed by atoms with Crippen molar-refractivity contribution in [3.05, 3.63) is 131 Å². The van der Waals surface area contributed by atoms with Crippen LogP contribution in [0.1, 0.15) is 36.6 Å². The van der Waals surface area contributed by atoms with Crippen LogP contribution in [0.4, 0.5) is 5.69 Å². The SMILES string of the molecule is O=C(N/N=C/c1ccc(Oc2no[n+]([O-])c2S(=O)(=O)c2ccccc2)cc1)c1ccc(N2C(=O)c3ccccc3C2=O)cc1. The lowest BCUT2D eigenvalue weighted by molar-refractivity contribution is -0.832. The Balaban J connectivity index is 1.08. The zero-order valence-corrected chi connectivity index (χ0v) is 23.2. The van der Waals surface area contributed by atoms with Crippen LogP contribution in [0.5, 0.6) is 11.6 Å². The summed E-state index contributed by atoms with van der Waals surface area (Å²) in [5.41, 5.74) is 4.16. The molecule has 0 atom stereocenters. The number of nitrogens with zero attached hydrogens (tertiary/aromatic N) is 4. The number of sulfone groups is 1. The summed E-state index contributed by atoms with van der Waals surface area (Å²) in [5, 5.41) is 18.6. The molecule has 218 valence electrons. The molecule has 1 N–H and O–H groups in total. The minimum Gasteiger partial charge on any atom is -0.415 e. The first-order valence-corrected chi connectivity index (χ1v) is 14.3. The van der Waals surface area contributed by atoms with Crippen LogP contribution in [-0.4, -0.2) is 37.5 Å². The minimum absolute atomic E-state index is 0.134. The Hall–Kier alpha value is -6.15. The van der Waals surface area contributed by atoms with Gasteiger partial charge in [-0.25, -0.2) is 18.7 Å². The first kappa shape index (κ1) is 28.0. The van der Waals surface area contributed by atoms with Crippen LogP contribution in [-0.2, 0) is 9.84 Å². The normalized spacial score (nSPS) is 12.9. The summed E-state index contributed by atoms with van der Waals surface area (Å²) in [4.78, 5) is 38.6. The maximum absolute atomic E-state index is 12.9. The van der Waals surface area contributed by atoms with Crippen molar-refractivity contribution in [3.63, 3.8) is 0 Å². The second-order valence-corrected chi connectivity index (χ2v) is 11.1. The van der Waals surface area contributed by atoms with Crippen LogP contribution in [0.25, 0.3) is 0 Å². The Morgan fingerprint density at radius 1 is 0.886 bits per heavy atom. The molecule has 6 rings (SSSR count). The van der Waals surface area contributed by atoms with E-state index in [1.54, 1.807) is 42.5 Å². The van der Waals surface area contributed by atoms with Gasteiger partial charge in [-0.05, 0) is 83.3 Å². The summed E-state index contributed by atoms with van der Waals surface area (Å²) in [7, 11) is -4.28. The summed E-state index contributed by atoms with van der Waals surface area (Å²) in [6.07, 6.45) is 1.36. The van der Waals surface area contributed by atoms with Crippen molar-refractivity contribution in [3.8, 4) is 11.6 Å². The number of rotatable bonds is 8. The maximum atomic E-state index is 12.9. The van der Waals surface area contributed by atoms with E-state index in [1.807, 2.05) is 0 Å². The third-order valence-electron chi connectivity index (χ3n) is 6.51. The number of anilines is 1. The minimum atomic E-state index is -4.28. The van der Waals surface area contributed by atoms with Gasteiger partial charge in [0.25, 0.3) is 27.6 Å². The first-order valence-electron chi connectivity index (χ1n) is 12.8. The standard InChI is InChI=1S/C30H19N5O8S/c36-26(20-12-14-21(15-13-20)34-28(37)24-8-4-5-9-25(24)29(34)38)32-31-18-19-10-16-22(17-11-19)42-27-30(35(39)43-33-27)44(40,41)23-6-2-1-3-7-23/h1-18H,(H,32,36)/b31-18+. The average molecular weight is 610 g/mol. The van der Waals surface area contributed by atoms with Crippen LogP contribution < -0.4 is 20.0 Å². The van der Waals surface area contributed by atoms with Gasteiger partial charge in [0, 0.05) is 5.56 Å². The molecule has 3 amide bonds. The number of aromatic nitrogens is 2. The number of imide groups is 1. The van der Waals surface area contributed by atoms with E-state index in [9.17, 15) is 28.0 Å². The Labute approximate surface area is 249 Å². The van der Waals surface area contributed by atoms with Gasteiger partial charge in [-0.3, -0.25) is 19.0 Å². The Morgan fingerprint density at radius 3 is 2.14 bits per heavy atom. The summed E-state index contributed by atoms with van der Waals surface area (Å²) >= 11 is 0. The second-order valence-electron chi connectivity index (χ2n) is 9.27. The lowest BCUT2D eigenvalue weighted by atomic mass is 10.1. The Morgan fingerprint density at radius 2 is 1.50 bits per heavy atom. The molecular formula is C30H19N5O8S. The molecule has 2 heterocycles. The molecule has 0 saturated carbocycles. The van der Waals surface area contributed by atoms with Gasteiger partial charge in [0.2, 0.25) is 0 Å². The van der Waals surface area contributed by atoms with Crippen LogP contribution >= 0.6 is 0 Å². The van der Waals surface area contributed by atoms with Gasteiger partial charge >= 0.3 is 10.9 Å². The fourth-order valence-corrected chi connectivity index (χ4v) is 5.64. The summed E-state index contributed by atoms with van der Waals surface area (Å²) in [6, 6.07) is 25.9. The van der Waals surface area contributed by atoms with Gasteiger partial charge in [-0.1, -0.05) is 30.3 Å². The number of hydrogen-bond acceptors (Lipinski definition) is 10. The number of benzene rings is 4. The van der Waals surface area contributed by atoms with Crippen molar-refractivity contribution < 1.29 is 37.1 Å². The van der Waals surface area contributed by atoms with E-state index >= 15 is 0 Å². The number of hydrogen-bond donors (Lipinski definition) is 1. The maximum Gasteiger partial charge on any atom is 0.420 e. The highest BCUT2D eigenvalue weighted by atomic mass is 32.2. The lowest BCUT2D eigenvalue weighted by Gasteiger charge is -2.14. The quantitative estimate of drug-likeness (QED) is 0.119. The molecule has 4 aromatic carbocycles. The van der Waals surface area contributed by atoms with Crippen molar-refractivity contribution in [1.29, 1.82) is 0 Å². The predicted octanol–water partition coefficient (Wildman–Crippen LogP) is 3.50. The molecule has 0 saturated heterocycles. The van der Waals surface area contributed by atoms with Crippen molar-refractivity contribution in [2.75, 3.05) is 4.90 Å². The van der Waals surface area contributed by atoms with Crippen LogP contribution in [0, 0.1) is 5.21 Å². The number of nitrogens with one attached hydrogen (secondary N) is 1. The molecule has 0 radical (unpaired) electrons. The van der Waals surface area contributed by atoms with E-state index in [0.29, 0.717) is 22.4 Å². The van der Waals surface area contributed by atoms with E-state index in [-0.39, 0.29) is 21.1 Å². The van der Waals surface area contributed by atoms with Crippen LogP contribution in [0.15, 0.2) is 123 Å². The molecule has 0 fully saturated rings. The van der Waals surface area contributed by atoms with Gasteiger partial charge in [0.05, 0.1) is 33.1 Å². The number of fused-ring (bicyclic) bond motifs is 1. The molecule has 0 unspecified atom stereocenters. The fourth-order valence-electron chi connectivity index (χ4n) is 4.36. The third-order valence-corrected chi connectivity index (χ3v) is 8.24. The number of carbonyl (C=O) groups excluding carboxylic acids is 3. The summed E-state index contributed by atoms with van der Waals surface area (Å²) in [5.74, 6) is -1.78. The molecular weight excluding hydrogens is 590 g/mol. The highest BCUT2D eigenvalue weighted by Crippen LogP contribution is 2.30. The second kappa shape index (κ2) is 11.3. The van der Waals surface area contributed by atoms with Crippen molar-refractivity contribution in [1.82, 2.24) is 10.6 Å². The molecule has 1 aliphatic rings. The van der Waals surface area contributed by atoms with E-state index in [2.05, 4.69) is 20.3 Å². The molecule has 13 nitrogen and oxygen atoms in total. The first-order chi connectivity index (χ1) is 21.2. The number of hydrazone groups is 1. The lowest BCUT2D eigenvalue weighted by Crippen LogP contribution is -2.30. The summed E-state index contributed by atoms with van der Waals surface area (Å²) < 4.78 is 35.8. The van der Waals surface area contributed by atoms with Crippen molar-refractivity contribution >= 4 is 39.5 Å². The van der Waals surface area contributed by atoms with E-state index in [0.717, 1.165) is 4.90 Å². The smallest absolute Gasteiger partial charge is 0.415 e. The molecule has 5 aromatic rings. The Bertz CT molecular complexity index is 2010. The highest BCUT2D eigenvalue weighted by Gasteiger charge is 2.37. The molecule has 0 aliphatic carbocycles. The molecule has 0 bridgehead atoms. The molecule has 1 aliphatic heterocycles. The molecule has 1 aromatic heterocycles. The molecule has 44 heavy (non-hydrogen) atoms. The van der Waals surface area contributed by atoms with E-state index in [4.69, 9.17) is 4.74 Å². The van der Waals surface area contributed by atoms with Gasteiger partial charge in [0.15, 0.2) is 0 Å². The van der Waals surface area contributed by atoms with Gasteiger partial charge in [0.1, 0.15) is 5.75 Å². The third kappa shape index (κ3) is 5.16. The van der Waals surface area contributed by atoms with Gasteiger partial charge in [-0.2, -0.15) is 5.10 Å². The molecule has 14 heteroatoms. The highest BCUT2D eigenvalue weighted by molar-refractivity contribution is 7.91. The monoisotopic (exact) mass is 609 g/mol. The van der Waals surface area contributed by atoms with Crippen LogP contribution in [0.3, 0.4) is 0 Å². The fraction of sp³-hybridized carbons (Fsp3) is 0. The van der Waals surface area contributed by atoms with E-state index < -0.39 is 38.5 Å². The zero-order valence-electron chi connectivity index (χ0n) is 22.4. The molecule has 0 spiro atoms. The van der Waals surface area contributed by atoms with Crippen molar-refractivity contribution in [2.45, 2.75) is 9.92 Å². The van der Waals surface area contributed by atoms with Gasteiger partial charge < -0.3 is 9.94 Å². The number of ether oxygens (including phenoxy) is 1. The topological polar surface area (TPSA) is 175 Å². The summed E-state index contributed by atoms with van der Waals surface area (Å²) in [6.45, 7) is 0. The van der Waals surface area contributed by atoms with E-state index in [1.165, 1.54) is 66.9 Å². The average Bonchev–Trinajstić information content (AvgIpc) is 3.54. The predicted molar refractivity (Wildman–Crippen MR) is 153 cm³/mol.